The van der Waals surface area contributed by atoms with Gasteiger partial charge in [-0.15, -0.1) is 11.3 Å². The second kappa shape index (κ2) is 8.76. The highest BCUT2D eigenvalue weighted by molar-refractivity contribution is 7.10. The van der Waals surface area contributed by atoms with Crippen LogP contribution in [0.1, 0.15) is 30.2 Å². The number of ether oxygens (including phenoxy) is 2. The molecule has 0 aliphatic carbocycles. The van der Waals surface area contributed by atoms with E-state index in [9.17, 15) is 0 Å². The van der Waals surface area contributed by atoms with Gasteiger partial charge in [-0.3, -0.25) is 4.99 Å². The molecule has 5 nitrogen and oxygen atoms in total. The fraction of sp³-hybridized carbons (Fsp3) is 0.421. The van der Waals surface area contributed by atoms with Crippen molar-refractivity contribution in [2.24, 2.45) is 4.99 Å². The van der Waals surface area contributed by atoms with E-state index < -0.39 is 0 Å². The maximum atomic E-state index is 5.43. The van der Waals surface area contributed by atoms with Crippen molar-refractivity contribution in [3.05, 3.63) is 46.2 Å². The SMILES string of the molecule is CCNC(=NCC(C)c1cccs1)NCCc1ccc2c(c1)OCO2. The Balaban J connectivity index is 1.50. The van der Waals surface area contributed by atoms with Gasteiger partial charge >= 0.3 is 0 Å². The topological polar surface area (TPSA) is 54.9 Å². The summed E-state index contributed by atoms with van der Waals surface area (Å²) in [5, 5.41) is 8.83. The lowest BCUT2D eigenvalue weighted by molar-refractivity contribution is 0.174. The summed E-state index contributed by atoms with van der Waals surface area (Å²) in [5.41, 5.74) is 1.22. The molecule has 0 fully saturated rings. The molecule has 1 aliphatic rings. The molecule has 0 radical (unpaired) electrons. The number of aliphatic imine (C=N–C) groups is 1. The molecular weight excluding hydrogens is 334 g/mol. The summed E-state index contributed by atoms with van der Waals surface area (Å²) >= 11 is 1.79. The lowest BCUT2D eigenvalue weighted by atomic mass is 10.1. The van der Waals surface area contributed by atoms with E-state index in [2.05, 4.69) is 48.1 Å². The Labute approximate surface area is 153 Å². The zero-order valence-electron chi connectivity index (χ0n) is 14.7. The van der Waals surface area contributed by atoms with E-state index in [4.69, 9.17) is 14.5 Å². The minimum Gasteiger partial charge on any atom is -0.454 e. The number of thiophene rings is 1. The van der Waals surface area contributed by atoms with Crippen molar-refractivity contribution in [3.8, 4) is 11.5 Å². The maximum absolute atomic E-state index is 5.43. The summed E-state index contributed by atoms with van der Waals surface area (Å²) in [5.74, 6) is 2.97. The summed E-state index contributed by atoms with van der Waals surface area (Å²) < 4.78 is 10.8. The molecule has 6 heteroatoms. The summed E-state index contributed by atoms with van der Waals surface area (Å²) in [4.78, 5) is 6.09. The first-order chi connectivity index (χ1) is 12.3. The van der Waals surface area contributed by atoms with Gasteiger partial charge in [0.05, 0.1) is 6.54 Å². The Morgan fingerprint density at radius 3 is 2.92 bits per heavy atom. The number of hydrogen-bond donors (Lipinski definition) is 2. The van der Waals surface area contributed by atoms with Gasteiger partial charge in [0.15, 0.2) is 17.5 Å². The molecule has 1 atom stereocenters. The van der Waals surface area contributed by atoms with Crippen molar-refractivity contribution in [1.82, 2.24) is 10.6 Å². The van der Waals surface area contributed by atoms with Gasteiger partial charge in [-0.1, -0.05) is 19.1 Å². The first kappa shape index (κ1) is 17.6. The number of nitrogens with one attached hydrogen (secondary N) is 2. The van der Waals surface area contributed by atoms with Crippen LogP contribution in [0, 0.1) is 0 Å². The zero-order chi connectivity index (χ0) is 17.5. The number of fused-ring (bicyclic) bond motifs is 1. The highest BCUT2D eigenvalue weighted by Crippen LogP contribution is 2.32. The van der Waals surface area contributed by atoms with E-state index in [1.54, 1.807) is 11.3 Å². The van der Waals surface area contributed by atoms with Crippen molar-refractivity contribution in [2.75, 3.05) is 26.4 Å². The number of nitrogens with zero attached hydrogens (tertiary/aromatic N) is 1. The monoisotopic (exact) mass is 359 g/mol. The predicted molar refractivity (Wildman–Crippen MR) is 103 cm³/mol. The molecule has 1 aliphatic heterocycles. The van der Waals surface area contributed by atoms with Crippen molar-refractivity contribution in [2.45, 2.75) is 26.2 Å². The van der Waals surface area contributed by atoms with Crippen LogP contribution in [-0.2, 0) is 6.42 Å². The van der Waals surface area contributed by atoms with Crippen molar-refractivity contribution >= 4 is 17.3 Å². The highest BCUT2D eigenvalue weighted by Gasteiger charge is 2.13. The van der Waals surface area contributed by atoms with Gasteiger partial charge in [0, 0.05) is 23.9 Å². The molecule has 2 N–H and O–H groups in total. The van der Waals surface area contributed by atoms with Gasteiger partial charge in [-0.05, 0) is 42.5 Å². The van der Waals surface area contributed by atoms with Gasteiger partial charge in [0.2, 0.25) is 6.79 Å². The molecule has 0 amide bonds. The summed E-state index contributed by atoms with van der Waals surface area (Å²) in [7, 11) is 0. The molecule has 0 spiro atoms. The number of hydrogen-bond acceptors (Lipinski definition) is 4. The largest absolute Gasteiger partial charge is 0.454 e. The van der Waals surface area contributed by atoms with Crippen LogP contribution >= 0.6 is 11.3 Å². The molecule has 2 aromatic rings. The maximum Gasteiger partial charge on any atom is 0.231 e. The minimum atomic E-state index is 0.316. The second-order valence-corrected chi connectivity index (χ2v) is 6.98. The average Bonchev–Trinajstić information content (AvgIpc) is 3.30. The summed E-state index contributed by atoms with van der Waals surface area (Å²) in [6.45, 7) is 7.06. The average molecular weight is 359 g/mol. The predicted octanol–water partition coefficient (Wildman–Crippen LogP) is 3.38. The van der Waals surface area contributed by atoms with E-state index >= 15 is 0 Å². The Bertz CT molecular complexity index is 701. The molecule has 2 heterocycles. The normalized spacial score (nSPS) is 14.4. The van der Waals surface area contributed by atoms with E-state index in [0.29, 0.717) is 12.7 Å². The summed E-state index contributed by atoms with van der Waals surface area (Å²) in [6.07, 6.45) is 0.904. The fourth-order valence-electron chi connectivity index (χ4n) is 2.65. The van der Waals surface area contributed by atoms with Gasteiger partial charge in [0.1, 0.15) is 0 Å². The number of rotatable bonds is 7. The molecule has 1 aromatic heterocycles. The fourth-order valence-corrected chi connectivity index (χ4v) is 3.43. The van der Waals surface area contributed by atoms with Crippen LogP contribution in [0.4, 0.5) is 0 Å². The molecule has 1 aromatic carbocycles. The molecule has 0 saturated heterocycles. The highest BCUT2D eigenvalue weighted by atomic mass is 32.1. The quantitative estimate of drug-likeness (QED) is 0.588. The zero-order valence-corrected chi connectivity index (χ0v) is 15.6. The first-order valence-electron chi connectivity index (χ1n) is 8.70. The van der Waals surface area contributed by atoms with Crippen LogP contribution in [0.5, 0.6) is 11.5 Å². The second-order valence-electron chi connectivity index (χ2n) is 6.00. The first-order valence-corrected chi connectivity index (χ1v) is 9.58. The van der Waals surface area contributed by atoms with Crippen LogP contribution in [-0.4, -0.2) is 32.4 Å². The molecule has 0 bridgehead atoms. The lowest BCUT2D eigenvalue weighted by Crippen LogP contribution is -2.38. The van der Waals surface area contributed by atoms with E-state index in [1.807, 2.05) is 12.1 Å². The third kappa shape index (κ3) is 4.89. The van der Waals surface area contributed by atoms with Crippen molar-refractivity contribution in [3.63, 3.8) is 0 Å². The van der Waals surface area contributed by atoms with Crippen LogP contribution < -0.4 is 20.1 Å². The lowest BCUT2D eigenvalue weighted by Gasteiger charge is -2.13. The molecule has 134 valence electrons. The Hall–Kier alpha value is -2.21. The minimum absolute atomic E-state index is 0.316. The van der Waals surface area contributed by atoms with Crippen LogP contribution in [0.2, 0.25) is 0 Å². The smallest absolute Gasteiger partial charge is 0.231 e. The molecule has 3 rings (SSSR count). The van der Waals surface area contributed by atoms with Gasteiger partial charge < -0.3 is 20.1 Å². The van der Waals surface area contributed by atoms with Crippen molar-refractivity contribution in [1.29, 1.82) is 0 Å². The van der Waals surface area contributed by atoms with Crippen LogP contribution in [0.15, 0.2) is 40.7 Å². The molecule has 0 saturated carbocycles. The Morgan fingerprint density at radius 1 is 1.24 bits per heavy atom. The number of benzene rings is 1. The van der Waals surface area contributed by atoms with E-state index in [1.165, 1.54) is 10.4 Å². The van der Waals surface area contributed by atoms with Gasteiger partial charge in [0.25, 0.3) is 0 Å². The van der Waals surface area contributed by atoms with E-state index in [0.717, 1.165) is 43.5 Å². The number of guanidine groups is 1. The van der Waals surface area contributed by atoms with Crippen LogP contribution in [0.25, 0.3) is 0 Å². The molecule has 1 unspecified atom stereocenters. The Kier molecular flexibility index (Phi) is 6.17. The van der Waals surface area contributed by atoms with Gasteiger partial charge in [-0.2, -0.15) is 0 Å². The van der Waals surface area contributed by atoms with Crippen LogP contribution in [0.3, 0.4) is 0 Å². The third-order valence-electron chi connectivity index (χ3n) is 4.04. The summed E-state index contributed by atoms with van der Waals surface area (Å²) in [6, 6.07) is 10.4. The Morgan fingerprint density at radius 2 is 2.12 bits per heavy atom. The third-order valence-corrected chi connectivity index (χ3v) is 5.14. The van der Waals surface area contributed by atoms with Crippen molar-refractivity contribution < 1.29 is 9.47 Å². The van der Waals surface area contributed by atoms with Gasteiger partial charge in [-0.25, -0.2) is 0 Å². The standard InChI is InChI=1S/C19H25N3O2S/c1-3-20-19(22-12-14(2)18-5-4-10-25-18)21-9-8-15-6-7-16-17(11-15)24-13-23-16/h4-7,10-11,14H,3,8-9,12-13H2,1-2H3,(H2,20,21,22). The molecular formula is C19H25N3O2S. The molecule has 25 heavy (non-hydrogen) atoms. The van der Waals surface area contributed by atoms with E-state index in [-0.39, 0.29) is 0 Å².